The molecular weight excluding hydrogens is 300 g/mol. The summed E-state index contributed by atoms with van der Waals surface area (Å²) in [7, 11) is 0. The Morgan fingerprint density at radius 2 is 2.12 bits per heavy atom. The lowest BCUT2D eigenvalue weighted by Crippen LogP contribution is -1.86. The van der Waals surface area contributed by atoms with Gasteiger partial charge in [-0.2, -0.15) is 0 Å². The number of imidazole rings is 1. The fourth-order valence-electron chi connectivity index (χ4n) is 1.65. The highest BCUT2D eigenvalue weighted by molar-refractivity contribution is 9.11. The van der Waals surface area contributed by atoms with Gasteiger partial charge in [-0.3, -0.25) is 4.79 Å². The Bertz CT molecular complexity index is 701. The van der Waals surface area contributed by atoms with Crippen molar-refractivity contribution in [3.8, 4) is 10.6 Å². The zero-order valence-corrected chi connectivity index (χ0v) is 11.0. The van der Waals surface area contributed by atoms with E-state index in [-0.39, 0.29) is 0 Å². The number of thiophene rings is 1. The molecule has 0 unspecified atom stereocenters. The van der Waals surface area contributed by atoms with E-state index < -0.39 is 0 Å². The van der Waals surface area contributed by atoms with Gasteiger partial charge in [0.15, 0.2) is 6.29 Å². The molecule has 0 fully saturated rings. The first-order chi connectivity index (χ1) is 8.26. The monoisotopic (exact) mass is 306 g/mol. The van der Waals surface area contributed by atoms with Crippen molar-refractivity contribution in [3.63, 3.8) is 0 Å². The zero-order valence-electron chi connectivity index (χ0n) is 8.63. The van der Waals surface area contributed by atoms with Crippen LogP contribution >= 0.6 is 27.3 Å². The molecule has 0 bridgehead atoms. The lowest BCUT2D eigenvalue weighted by Gasteiger charge is -1.92. The molecule has 0 spiro atoms. The molecule has 3 nitrogen and oxygen atoms in total. The molecule has 84 valence electrons. The van der Waals surface area contributed by atoms with Crippen molar-refractivity contribution in [2.24, 2.45) is 0 Å². The molecule has 0 atom stereocenters. The van der Waals surface area contributed by atoms with Gasteiger partial charge < -0.3 is 4.40 Å². The highest BCUT2D eigenvalue weighted by Crippen LogP contribution is 2.30. The SMILES string of the molecule is O=Cc1ccc2nc(-c3ccc(Br)s3)cn2c1. The smallest absolute Gasteiger partial charge is 0.151 e. The van der Waals surface area contributed by atoms with Crippen LogP contribution in [-0.4, -0.2) is 15.7 Å². The molecule has 3 rings (SSSR count). The minimum Gasteiger partial charge on any atom is -0.306 e. The average molecular weight is 307 g/mol. The molecule has 5 heteroatoms. The fourth-order valence-corrected chi connectivity index (χ4v) is 2.99. The number of carbonyl (C=O) groups excluding carboxylic acids is 1. The van der Waals surface area contributed by atoms with E-state index in [1.54, 1.807) is 23.6 Å². The summed E-state index contributed by atoms with van der Waals surface area (Å²) in [6.45, 7) is 0. The first-order valence-corrected chi connectivity index (χ1v) is 6.57. The number of nitrogens with zero attached hydrogens (tertiary/aromatic N) is 2. The van der Waals surface area contributed by atoms with Crippen molar-refractivity contribution in [1.29, 1.82) is 0 Å². The van der Waals surface area contributed by atoms with E-state index in [2.05, 4.69) is 20.9 Å². The minimum absolute atomic E-state index is 0.647. The summed E-state index contributed by atoms with van der Waals surface area (Å²) in [5, 5.41) is 0. The summed E-state index contributed by atoms with van der Waals surface area (Å²) in [5.74, 6) is 0. The summed E-state index contributed by atoms with van der Waals surface area (Å²) < 4.78 is 2.95. The van der Waals surface area contributed by atoms with Gasteiger partial charge in [-0.25, -0.2) is 4.98 Å². The number of carbonyl (C=O) groups is 1. The summed E-state index contributed by atoms with van der Waals surface area (Å²) in [5.41, 5.74) is 2.41. The first-order valence-electron chi connectivity index (χ1n) is 4.96. The first kappa shape index (κ1) is 10.7. The van der Waals surface area contributed by atoms with Crippen molar-refractivity contribution in [1.82, 2.24) is 9.38 Å². The van der Waals surface area contributed by atoms with Crippen molar-refractivity contribution in [2.45, 2.75) is 0 Å². The maximum absolute atomic E-state index is 10.7. The molecule has 0 radical (unpaired) electrons. The van der Waals surface area contributed by atoms with Crippen molar-refractivity contribution < 1.29 is 4.79 Å². The maximum atomic E-state index is 10.7. The molecule has 0 aliphatic rings. The second kappa shape index (κ2) is 4.09. The van der Waals surface area contributed by atoms with Crippen LogP contribution in [0, 0.1) is 0 Å². The van der Waals surface area contributed by atoms with Gasteiger partial charge >= 0.3 is 0 Å². The van der Waals surface area contributed by atoms with Crippen molar-refractivity contribution >= 4 is 39.2 Å². The molecule has 0 saturated carbocycles. The molecule has 0 N–H and O–H groups in total. The average Bonchev–Trinajstić information content (AvgIpc) is 2.93. The van der Waals surface area contributed by atoms with E-state index in [1.165, 1.54) is 0 Å². The predicted octanol–water partition coefficient (Wildman–Crippen LogP) is 3.64. The third kappa shape index (κ3) is 1.92. The highest BCUT2D eigenvalue weighted by atomic mass is 79.9. The molecule has 17 heavy (non-hydrogen) atoms. The van der Waals surface area contributed by atoms with Crippen LogP contribution < -0.4 is 0 Å². The summed E-state index contributed by atoms with van der Waals surface area (Å²) in [4.78, 5) is 16.3. The summed E-state index contributed by atoms with van der Waals surface area (Å²) in [6, 6.07) is 7.64. The quantitative estimate of drug-likeness (QED) is 0.677. The van der Waals surface area contributed by atoms with Crippen LogP contribution in [0.5, 0.6) is 0 Å². The third-order valence-electron chi connectivity index (χ3n) is 2.44. The van der Waals surface area contributed by atoms with Crippen LogP contribution in [0.15, 0.2) is 40.4 Å². The summed E-state index contributed by atoms with van der Waals surface area (Å²) >= 11 is 5.07. The minimum atomic E-state index is 0.647. The van der Waals surface area contributed by atoms with Gasteiger partial charge in [0.25, 0.3) is 0 Å². The Morgan fingerprint density at radius 3 is 2.82 bits per heavy atom. The third-order valence-corrected chi connectivity index (χ3v) is 4.08. The molecule has 3 aromatic rings. The number of hydrogen-bond donors (Lipinski definition) is 0. The van der Waals surface area contributed by atoms with E-state index in [0.29, 0.717) is 5.56 Å². The molecule has 0 aromatic carbocycles. The van der Waals surface area contributed by atoms with Gasteiger partial charge in [0.2, 0.25) is 0 Å². The van der Waals surface area contributed by atoms with Gasteiger partial charge in [0.05, 0.1) is 14.4 Å². The molecule has 0 aliphatic heterocycles. The number of fused-ring (bicyclic) bond motifs is 1. The second-order valence-corrected chi connectivity index (χ2v) is 6.04. The van der Waals surface area contributed by atoms with E-state index in [1.807, 2.05) is 28.8 Å². The summed E-state index contributed by atoms with van der Waals surface area (Å²) in [6.07, 6.45) is 4.54. The van der Waals surface area contributed by atoms with Crippen LogP contribution in [-0.2, 0) is 0 Å². The Balaban J connectivity index is 2.16. The van der Waals surface area contributed by atoms with Crippen LogP contribution in [0.4, 0.5) is 0 Å². The zero-order chi connectivity index (χ0) is 11.8. The molecule has 0 amide bonds. The lowest BCUT2D eigenvalue weighted by molar-refractivity contribution is 0.112. The van der Waals surface area contributed by atoms with E-state index in [4.69, 9.17) is 0 Å². The van der Waals surface area contributed by atoms with Gasteiger partial charge in [-0.15, -0.1) is 11.3 Å². The molecular formula is C12H7BrN2OS. The number of rotatable bonds is 2. The van der Waals surface area contributed by atoms with Crippen molar-refractivity contribution in [2.75, 3.05) is 0 Å². The molecule has 0 saturated heterocycles. The number of hydrogen-bond acceptors (Lipinski definition) is 3. The second-order valence-electron chi connectivity index (χ2n) is 3.58. The molecule has 3 heterocycles. The maximum Gasteiger partial charge on any atom is 0.151 e. The fraction of sp³-hybridized carbons (Fsp3) is 0. The van der Waals surface area contributed by atoms with Crippen LogP contribution in [0.2, 0.25) is 0 Å². The van der Waals surface area contributed by atoms with Gasteiger partial charge in [0, 0.05) is 18.0 Å². The normalized spacial score (nSPS) is 10.9. The standard InChI is InChI=1S/C12H7BrN2OS/c13-11-3-2-10(17-11)9-6-15-5-8(7-16)1-4-12(15)14-9/h1-7H. The molecule has 0 aliphatic carbocycles. The Morgan fingerprint density at radius 1 is 1.24 bits per heavy atom. The van der Waals surface area contributed by atoms with Crippen LogP contribution in [0.1, 0.15) is 10.4 Å². The van der Waals surface area contributed by atoms with E-state index >= 15 is 0 Å². The van der Waals surface area contributed by atoms with Crippen molar-refractivity contribution in [3.05, 3.63) is 46.0 Å². The largest absolute Gasteiger partial charge is 0.306 e. The van der Waals surface area contributed by atoms with E-state index in [0.717, 1.165) is 26.3 Å². The number of halogens is 1. The molecule has 3 aromatic heterocycles. The van der Waals surface area contributed by atoms with Crippen LogP contribution in [0.25, 0.3) is 16.2 Å². The van der Waals surface area contributed by atoms with Gasteiger partial charge in [0.1, 0.15) is 5.65 Å². The predicted molar refractivity (Wildman–Crippen MR) is 71.6 cm³/mol. The Kier molecular flexibility index (Phi) is 2.57. The van der Waals surface area contributed by atoms with E-state index in [9.17, 15) is 4.79 Å². The number of aldehydes is 1. The Hall–Kier alpha value is -1.46. The topological polar surface area (TPSA) is 34.4 Å². The number of aromatic nitrogens is 2. The van der Waals surface area contributed by atoms with Gasteiger partial charge in [-0.05, 0) is 40.2 Å². The highest BCUT2D eigenvalue weighted by Gasteiger charge is 2.06. The number of pyridine rings is 1. The Labute approximate surface area is 110 Å². The lowest BCUT2D eigenvalue weighted by atomic mass is 10.3. The van der Waals surface area contributed by atoms with Crippen LogP contribution in [0.3, 0.4) is 0 Å². The van der Waals surface area contributed by atoms with Gasteiger partial charge in [-0.1, -0.05) is 0 Å².